The van der Waals surface area contributed by atoms with E-state index in [-0.39, 0.29) is 30.0 Å². The van der Waals surface area contributed by atoms with Gasteiger partial charge in [0.25, 0.3) is 0 Å². The predicted molar refractivity (Wildman–Crippen MR) is 210 cm³/mol. The molecule has 1 amide bonds. The number of nitrogens with zero attached hydrogens (tertiary/aromatic N) is 1. The first-order chi connectivity index (χ1) is 24.3. The summed E-state index contributed by atoms with van der Waals surface area (Å²) in [6, 6.07) is 16.1. The van der Waals surface area contributed by atoms with Crippen LogP contribution in [0.1, 0.15) is 89.2 Å². The number of fused-ring (bicyclic) bond motifs is 3. The number of ether oxygens (including phenoxy) is 3. The lowest BCUT2D eigenvalue weighted by Gasteiger charge is -2.30. The minimum atomic E-state index is -1.40. The Morgan fingerprint density at radius 2 is 1.53 bits per heavy atom. The van der Waals surface area contributed by atoms with Gasteiger partial charge in [-0.1, -0.05) is 132 Å². The Morgan fingerprint density at radius 3 is 2.14 bits per heavy atom. The Bertz CT molecular complexity index is 1420. The van der Waals surface area contributed by atoms with Gasteiger partial charge in [-0.05, 0) is 53.1 Å². The zero-order valence-electron chi connectivity index (χ0n) is 31.8. The summed E-state index contributed by atoms with van der Waals surface area (Å²) in [4.78, 5) is 53.5. The third-order valence-corrected chi connectivity index (χ3v) is 11.7. The SMILES string of the molecule is CCCCCCCC(=O)SCC/C=C/[C@H](CC(=O)OCC[Si](C)(C)C)OC(=O)[C@H](C(C)C)N(C)C(=O)OCC1c2ccccc2-c2ccccc21. The van der Waals surface area contributed by atoms with Gasteiger partial charge in [-0.2, -0.15) is 0 Å². The minimum Gasteiger partial charge on any atom is -0.466 e. The lowest BCUT2D eigenvalue weighted by Crippen LogP contribution is -2.47. The molecule has 10 heteroatoms. The van der Waals surface area contributed by atoms with Crippen molar-refractivity contribution in [2.75, 3.05) is 26.0 Å². The fraction of sp³-hybridized carbons (Fsp3) is 0.561. The van der Waals surface area contributed by atoms with E-state index in [1.807, 2.05) is 44.2 Å². The lowest BCUT2D eigenvalue weighted by atomic mass is 9.98. The Labute approximate surface area is 311 Å². The molecular formula is C41H59NO7SSi. The van der Waals surface area contributed by atoms with Gasteiger partial charge in [0.15, 0.2) is 5.12 Å². The summed E-state index contributed by atoms with van der Waals surface area (Å²) in [7, 11) is 0.138. The smallest absolute Gasteiger partial charge is 0.410 e. The van der Waals surface area contributed by atoms with Crippen molar-refractivity contribution in [3.8, 4) is 11.1 Å². The molecule has 1 aliphatic rings. The van der Waals surface area contributed by atoms with Gasteiger partial charge in [0.05, 0.1) is 13.0 Å². The van der Waals surface area contributed by atoms with E-state index < -0.39 is 38.3 Å². The molecule has 0 N–H and O–H groups in total. The summed E-state index contributed by atoms with van der Waals surface area (Å²) in [6.07, 6.45) is 8.58. The van der Waals surface area contributed by atoms with E-state index in [0.717, 1.165) is 47.6 Å². The van der Waals surface area contributed by atoms with Crippen LogP contribution in [0.5, 0.6) is 0 Å². The second-order valence-corrected chi connectivity index (χ2v) is 21.7. The molecule has 0 aliphatic heterocycles. The summed E-state index contributed by atoms with van der Waals surface area (Å²) in [5.41, 5.74) is 4.47. The van der Waals surface area contributed by atoms with Crippen LogP contribution in [0.15, 0.2) is 60.7 Å². The molecule has 0 heterocycles. The number of rotatable bonds is 21. The van der Waals surface area contributed by atoms with Crippen molar-refractivity contribution in [2.24, 2.45) is 5.92 Å². The van der Waals surface area contributed by atoms with Gasteiger partial charge < -0.3 is 14.2 Å². The van der Waals surface area contributed by atoms with Crippen LogP contribution in [0.25, 0.3) is 11.1 Å². The number of esters is 2. The average Bonchev–Trinajstić information content (AvgIpc) is 3.39. The molecule has 1 aliphatic carbocycles. The average molecular weight is 738 g/mol. The van der Waals surface area contributed by atoms with Crippen LogP contribution < -0.4 is 0 Å². The third kappa shape index (κ3) is 13.9. The number of unbranched alkanes of at least 4 members (excludes halogenated alkanes) is 4. The third-order valence-electron chi connectivity index (χ3n) is 9.05. The summed E-state index contributed by atoms with van der Waals surface area (Å²) in [5, 5.41) is 0.185. The normalized spacial score (nSPS) is 13.8. The quantitative estimate of drug-likeness (QED) is 0.0411. The zero-order valence-corrected chi connectivity index (χ0v) is 33.6. The van der Waals surface area contributed by atoms with Crippen LogP contribution >= 0.6 is 11.8 Å². The molecule has 3 rings (SSSR count). The first-order valence-electron chi connectivity index (χ1n) is 18.6. The number of thioether (sulfide) groups is 1. The van der Waals surface area contributed by atoms with E-state index in [1.54, 1.807) is 13.1 Å². The van der Waals surface area contributed by atoms with Crippen molar-refractivity contribution in [3.63, 3.8) is 0 Å². The standard InChI is InChI=1S/C41H59NO7SSi/c1-8-9-10-11-12-24-38(44)50-26-18-17-19-31(28-37(43)47-25-27-51(5,6)7)49-40(45)39(30(2)3)42(4)41(46)48-29-36-34-22-15-13-20-32(34)33-21-14-16-23-35(33)36/h13-17,19-23,30-31,36,39H,8-12,18,24-29H2,1-7H3/b19-17+/t31-,39+/m1/s1. The Hall–Kier alpha value is -3.37. The summed E-state index contributed by atoms with van der Waals surface area (Å²) >= 11 is 1.31. The number of hydrogen-bond donors (Lipinski definition) is 0. The summed E-state index contributed by atoms with van der Waals surface area (Å²) in [6.45, 7) is 12.9. The van der Waals surface area contributed by atoms with Gasteiger partial charge >= 0.3 is 18.0 Å². The summed E-state index contributed by atoms with van der Waals surface area (Å²) < 4.78 is 17.3. The van der Waals surface area contributed by atoms with Crippen LogP contribution in [0.4, 0.5) is 4.79 Å². The second-order valence-electron chi connectivity index (χ2n) is 14.9. The number of amides is 1. The molecule has 2 aromatic rings. The maximum atomic E-state index is 13.7. The topological polar surface area (TPSA) is 99.2 Å². The van der Waals surface area contributed by atoms with Crippen molar-refractivity contribution in [3.05, 3.63) is 71.8 Å². The van der Waals surface area contributed by atoms with Gasteiger partial charge in [0, 0.05) is 33.2 Å². The lowest BCUT2D eigenvalue weighted by molar-refractivity contribution is -0.157. The molecule has 0 spiro atoms. The Kier molecular flexibility index (Phi) is 17.5. The van der Waals surface area contributed by atoms with E-state index in [1.165, 1.54) is 29.5 Å². The maximum Gasteiger partial charge on any atom is 0.410 e. The van der Waals surface area contributed by atoms with Gasteiger partial charge in [0.2, 0.25) is 0 Å². The van der Waals surface area contributed by atoms with E-state index in [0.29, 0.717) is 25.2 Å². The predicted octanol–water partition coefficient (Wildman–Crippen LogP) is 9.64. The van der Waals surface area contributed by atoms with Crippen LogP contribution in [0, 0.1) is 5.92 Å². The highest BCUT2D eigenvalue weighted by Crippen LogP contribution is 2.44. The zero-order chi connectivity index (χ0) is 37.4. The van der Waals surface area contributed by atoms with Gasteiger partial charge in [0.1, 0.15) is 18.8 Å². The van der Waals surface area contributed by atoms with Crippen molar-refractivity contribution in [1.82, 2.24) is 4.90 Å². The number of carbonyl (C=O) groups excluding carboxylic acids is 4. The highest BCUT2D eigenvalue weighted by atomic mass is 32.2. The van der Waals surface area contributed by atoms with Crippen LogP contribution in [0.2, 0.25) is 25.7 Å². The molecule has 0 saturated carbocycles. The largest absolute Gasteiger partial charge is 0.466 e. The maximum absolute atomic E-state index is 13.7. The molecule has 0 fully saturated rings. The Morgan fingerprint density at radius 1 is 0.902 bits per heavy atom. The van der Waals surface area contributed by atoms with Crippen molar-refractivity contribution >= 4 is 43.0 Å². The Balaban J connectivity index is 1.62. The fourth-order valence-electron chi connectivity index (χ4n) is 6.18. The monoisotopic (exact) mass is 737 g/mol. The fourth-order valence-corrected chi connectivity index (χ4v) is 7.67. The van der Waals surface area contributed by atoms with E-state index in [2.05, 4.69) is 50.8 Å². The number of allylic oxidation sites excluding steroid dienone is 1. The molecule has 0 saturated heterocycles. The molecule has 0 bridgehead atoms. The second kappa shape index (κ2) is 21.2. The first kappa shape index (κ1) is 42.0. The molecule has 2 atom stereocenters. The van der Waals surface area contributed by atoms with Crippen molar-refractivity contribution in [2.45, 2.75) is 116 Å². The highest BCUT2D eigenvalue weighted by Gasteiger charge is 2.35. The number of carbonyl (C=O) groups is 4. The molecule has 0 unspecified atom stereocenters. The molecule has 8 nitrogen and oxygen atoms in total. The van der Waals surface area contributed by atoms with E-state index in [4.69, 9.17) is 14.2 Å². The molecule has 280 valence electrons. The van der Waals surface area contributed by atoms with Gasteiger partial charge in [-0.25, -0.2) is 9.59 Å². The molecule has 0 aromatic heterocycles. The van der Waals surface area contributed by atoms with E-state index in [9.17, 15) is 19.2 Å². The van der Waals surface area contributed by atoms with Crippen LogP contribution in [0.3, 0.4) is 0 Å². The molecular weight excluding hydrogens is 679 g/mol. The van der Waals surface area contributed by atoms with Crippen LogP contribution in [-0.2, 0) is 28.6 Å². The molecule has 0 radical (unpaired) electrons. The first-order valence-corrected chi connectivity index (χ1v) is 23.3. The highest BCUT2D eigenvalue weighted by molar-refractivity contribution is 8.13. The van der Waals surface area contributed by atoms with Crippen LogP contribution in [-0.4, -0.2) is 74.3 Å². The number of likely N-dealkylation sites (N-methyl/N-ethyl adjacent to an activating group) is 1. The molecule has 2 aromatic carbocycles. The van der Waals surface area contributed by atoms with Gasteiger partial charge in [-0.3, -0.25) is 14.5 Å². The van der Waals surface area contributed by atoms with E-state index >= 15 is 0 Å². The minimum absolute atomic E-state index is 0.111. The summed E-state index contributed by atoms with van der Waals surface area (Å²) in [5.74, 6) is -0.877. The number of hydrogen-bond acceptors (Lipinski definition) is 8. The van der Waals surface area contributed by atoms with Crippen molar-refractivity contribution < 1.29 is 33.4 Å². The van der Waals surface area contributed by atoms with Gasteiger partial charge in [-0.15, -0.1) is 0 Å². The number of benzene rings is 2. The van der Waals surface area contributed by atoms with Crippen molar-refractivity contribution in [1.29, 1.82) is 0 Å². The molecule has 51 heavy (non-hydrogen) atoms.